The summed E-state index contributed by atoms with van der Waals surface area (Å²) in [6.07, 6.45) is 1.51. The Bertz CT molecular complexity index is 656. The number of aliphatic hydroxyl groups excluding tert-OH is 1. The van der Waals surface area contributed by atoms with E-state index in [9.17, 15) is 19.1 Å². The summed E-state index contributed by atoms with van der Waals surface area (Å²) < 4.78 is 12.8. The van der Waals surface area contributed by atoms with Crippen LogP contribution in [0, 0.1) is 5.82 Å². The van der Waals surface area contributed by atoms with Crippen molar-refractivity contribution in [2.24, 2.45) is 0 Å². The number of nitrogens with one attached hydrogen (secondary N) is 1. The van der Waals surface area contributed by atoms with E-state index in [0.717, 1.165) is 17.3 Å². The van der Waals surface area contributed by atoms with E-state index in [1.54, 1.807) is 24.3 Å². The monoisotopic (exact) mass is 273 g/mol. The predicted molar refractivity (Wildman–Crippen MR) is 71.7 cm³/mol. The quantitative estimate of drug-likeness (QED) is 0.380. The van der Waals surface area contributed by atoms with Crippen molar-refractivity contribution in [2.75, 3.05) is 0 Å². The van der Waals surface area contributed by atoms with Crippen molar-refractivity contribution in [3.63, 3.8) is 0 Å². The molecule has 0 aliphatic rings. The summed E-state index contributed by atoms with van der Waals surface area (Å²) in [6, 6.07) is 9.43. The van der Waals surface area contributed by atoms with Crippen LogP contribution in [0.25, 0.3) is 5.76 Å². The Morgan fingerprint density at radius 1 is 1.20 bits per heavy atom. The van der Waals surface area contributed by atoms with Crippen LogP contribution in [0.2, 0.25) is 0 Å². The number of ketones is 1. The number of aromatic amines is 1. The second-order valence-corrected chi connectivity index (χ2v) is 4.25. The van der Waals surface area contributed by atoms with E-state index in [2.05, 4.69) is 4.98 Å². The van der Waals surface area contributed by atoms with Gasteiger partial charge in [0.15, 0.2) is 6.29 Å². The zero-order chi connectivity index (χ0) is 14.5. The Morgan fingerprint density at radius 2 is 1.90 bits per heavy atom. The van der Waals surface area contributed by atoms with E-state index < -0.39 is 5.78 Å². The molecule has 0 unspecified atom stereocenters. The first kappa shape index (κ1) is 13.7. The van der Waals surface area contributed by atoms with Gasteiger partial charge in [-0.3, -0.25) is 9.59 Å². The first-order valence-electron chi connectivity index (χ1n) is 5.91. The van der Waals surface area contributed by atoms with Gasteiger partial charge in [0.25, 0.3) is 0 Å². The number of carbonyl (C=O) groups excluding carboxylic acids is 2. The molecule has 0 fully saturated rings. The Kier molecular flexibility index (Phi) is 4.10. The van der Waals surface area contributed by atoms with Crippen LogP contribution in [0.15, 0.2) is 42.5 Å². The van der Waals surface area contributed by atoms with Crippen LogP contribution in [0.4, 0.5) is 4.39 Å². The van der Waals surface area contributed by atoms with E-state index in [4.69, 9.17) is 0 Å². The zero-order valence-electron chi connectivity index (χ0n) is 10.5. The van der Waals surface area contributed by atoms with E-state index in [-0.39, 0.29) is 17.9 Å². The fraction of sp³-hybridized carbons (Fsp3) is 0.0667. The van der Waals surface area contributed by atoms with Gasteiger partial charge in [-0.2, -0.15) is 0 Å². The minimum absolute atomic E-state index is 0.124. The molecule has 0 aliphatic carbocycles. The molecule has 2 rings (SSSR count). The third-order valence-electron chi connectivity index (χ3n) is 2.73. The van der Waals surface area contributed by atoms with Crippen molar-refractivity contribution < 1.29 is 19.1 Å². The van der Waals surface area contributed by atoms with E-state index >= 15 is 0 Å². The van der Waals surface area contributed by atoms with Gasteiger partial charge >= 0.3 is 0 Å². The number of H-pyrrole nitrogens is 1. The van der Waals surface area contributed by atoms with Crippen LogP contribution >= 0.6 is 0 Å². The highest BCUT2D eigenvalue weighted by Gasteiger charge is 2.06. The molecular weight excluding hydrogens is 261 g/mol. The number of hydrogen-bond acceptors (Lipinski definition) is 3. The van der Waals surface area contributed by atoms with Crippen molar-refractivity contribution in [3.8, 4) is 0 Å². The summed E-state index contributed by atoms with van der Waals surface area (Å²) in [6.45, 7) is 0. The number of aliphatic hydroxyl groups is 1. The average molecular weight is 273 g/mol. The third-order valence-corrected chi connectivity index (χ3v) is 2.73. The fourth-order valence-electron chi connectivity index (χ4n) is 1.76. The summed E-state index contributed by atoms with van der Waals surface area (Å²) in [4.78, 5) is 24.0. The van der Waals surface area contributed by atoms with Crippen LogP contribution in [-0.2, 0) is 16.0 Å². The number of aromatic nitrogens is 1. The molecule has 2 aromatic rings. The van der Waals surface area contributed by atoms with E-state index in [1.807, 2.05) is 0 Å². The summed E-state index contributed by atoms with van der Waals surface area (Å²) in [5.41, 5.74) is 2.05. The molecule has 0 radical (unpaired) electrons. The number of hydrogen-bond donors (Lipinski definition) is 2. The highest BCUT2D eigenvalue weighted by molar-refractivity contribution is 6.31. The lowest BCUT2D eigenvalue weighted by Gasteiger charge is -1.99. The van der Waals surface area contributed by atoms with Gasteiger partial charge in [-0.05, 0) is 29.8 Å². The highest BCUT2D eigenvalue weighted by atomic mass is 19.1. The standard InChI is InChI=1S/C15H12FNO3/c16-11-3-1-10(2-4-11)7-12-5-6-14(17-12)15(20)8-13(19)9-18/h1-6,8-9,17,20H,7H2. The van der Waals surface area contributed by atoms with Crippen molar-refractivity contribution in [2.45, 2.75) is 6.42 Å². The molecule has 1 aromatic carbocycles. The van der Waals surface area contributed by atoms with Gasteiger partial charge in [0.2, 0.25) is 5.78 Å². The molecule has 4 nitrogen and oxygen atoms in total. The molecule has 20 heavy (non-hydrogen) atoms. The molecular formula is C15H12FNO3. The molecule has 5 heteroatoms. The van der Waals surface area contributed by atoms with E-state index in [1.165, 1.54) is 12.1 Å². The van der Waals surface area contributed by atoms with Crippen LogP contribution in [0.3, 0.4) is 0 Å². The Labute approximate surface area is 114 Å². The minimum Gasteiger partial charge on any atom is -0.506 e. The van der Waals surface area contributed by atoms with Crippen LogP contribution in [0.1, 0.15) is 17.0 Å². The van der Waals surface area contributed by atoms with Gasteiger partial charge in [0.1, 0.15) is 11.6 Å². The SMILES string of the molecule is O=CC(=O)C=C(O)c1ccc(Cc2ccc(F)cc2)[nH]1. The molecule has 1 heterocycles. The average Bonchev–Trinajstić information content (AvgIpc) is 2.90. The van der Waals surface area contributed by atoms with Crippen LogP contribution in [0.5, 0.6) is 0 Å². The Hall–Kier alpha value is -2.69. The van der Waals surface area contributed by atoms with Crippen molar-refractivity contribution in [1.82, 2.24) is 4.98 Å². The number of carbonyl (C=O) groups is 2. The molecule has 1 aromatic heterocycles. The third kappa shape index (κ3) is 3.41. The van der Waals surface area contributed by atoms with E-state index in [0.29, 0.717) is 12.1 Å². The van der Waals surface area contributed by atoms with Gasteiger partial charge in [0, 0.05) is 18.2 Å². The van der Waals surface area contributed by atoms with Gasteiger partial charge < -0.3 is 10.1 Å². The molecule has 2 N–H and O–H groups in total. The maximum absolute atomic E-state index is 12.8. The number of allylic oxidation sites excluding steroid dienone is 1. The second-order valence-electron chi connectivity index (χ2n) is 4.25. The molecule has 0 saturated carbocycles. The second kappa shape index (κ2) is 5.97. The topological polar surface area (TPSA) is 70.2 Å². The van der Waals surface area contributed by atoms with Gasteiger partial charge in [-0.25, -0.2) is 4.39 Å². The van der Waals surface area contributed by atoms with Gasteiger partial charge in [0.05, 0.1) is 5.69 Å². The Morgan fingerprint density at radius 3 is 2.55 bits per heavy atom. The van der Waals surface area contributed by atoms with Crippen molar-refractivity contribution >= 4 is 17.8 Å². The molecule has 0 saturated heterocycles. The minimum atomic E-state index is -0.808. The maximum atomic E-state index is 12.8. The van der Waals surface area contributed by atoms with Gasteiger partial charge in [-0.15, -0.1) is 0 Å². The highest BCUT2D eigenvalue weighted by Crippen LogP contribution is 2.14. The lowest BCUT2D eigenvalue weighted by Crippen LogP contribution is -1.96. The smallest absolute Gasteiger partial charge is 0.221 e. The molecule has 102 valence electrons. The number of halogens is 1. The maximum Gasteiger partial charge on any atom is 0.221 e. The normalized spacial score (nSPS) is 11.3. The van der Waals surface area contributed by atoms with Crippen molar-refractivity contribution in [1.29, 1.82) is 0 Å². The first-order valence-corrected chi connectivity index (χ1v) is 5.91. The number of benzene rings is 1. The lowest BCUT2D eigenvalue weighted by atomic mass is 10.1. The van der Waals surface area contributed by atoms with Crippen LogP contribution < -0.4 is 0 Å². The van der Waals surface area contributed by atoms with Crippen LogP contribution in [-0.4, -0.2) is 22.2 Å². The molecule has 0 aliphatic heterocycles. The number of aldehydes is 1. The zero-order valence-corrected chi connectivity index (χ0v) is 10.5. The summed E-state index contributed by atoms with van der Waals surface area (Å²) >= 11 is 0. The fourth-order valence-corrected chi connectivity index (χ4v) is 1.76. The predicted octanol–water partition coefficient (Wildman–Crippen LogP) is 2.41. The summed E-state index contributed by atoms with van der Waals surface area (Å²) in [7, 11) is 0. The molecule has 0 amide bonds. The molecule has 0 spiro atoms. The Balaban J connectivity index is 2.13. The molecule has 0 bridgehead atoms. The first-order chi connectivity index (χ1) is 9.58. The molecule has 0 atom stereocenters. The lowest BCUT2D eigenvalue weighted by molar-refractivity contribution is -0.126. The van der Waals surface area contributed by atoms with Gasteiger partial charge in [-0.1, -0.05) is 12.1 Å². The summed E-state index contributed by atoms with van der Waals surface area (Å²) in [5.74, 6) is -1.40. The van der Waals surface area contributed by atoms with Crippen molar-refractivity contribution in [3.05, 3.63) is 65.2 Å². The summed E-state index contributed by atoms with van der Waals surface area (Å²) in [5, 5.41) is 9.64. The number of rotatable bonds is 5. The largest absolute Gasteiger partial charge is 0.506 e.